The van der Waals surface area contributed by atoms with Gasteiger partial charge in [0.25, 0.3) is 0 Å². The van der Waals surface area contributed by atoms with Crippen molar-refractivity contribution in [3.63, 3.8) is 0 Å². The van der Waals surface area contributed by atoms with E-state index < -0.39 is 0 Å². The van der Waals surface area contributed by atoms with Crippen LogP contribution in [0.5, 0.6) is 0 Å². The Morgan fingerprint density at radius 3 is 2.79 bits per heavy atom. The van der Waals surface area contributed by atoms with Gasteiger partial charge in [0.2, 0.25) is 0 Å². The van der Waals surface area contributed by atoms with Crippen LogP contribution in [0.15, 0.2) is 40.3 Å². The number of carbonyl (C=O) groups is 1. The maximum Gasteiger partial charge on any atom is 0.343 e. The van der Waals surface area contributed by atoms with Gasteiger partial charge in [0.05, 0.1) is 5.75 Å². The van der Waals surface area contributed by atoms with E-state index in [1.807, 2.05) is 25.1 Å². The number of Topliss-reactive ketones (excluding diaryl/α,β-unsaturated/α-hetero) is 1. The lowest BCUT2D eigenvalue weighted by atomic mass is 10.2. The molecule has 0 amide bonds. The van der Waals surface area contributed by atoms with E-state index in [1.165, 1.54) is 11.8 Å². The number of aromatic nitrogens is 3. The standard InChI is InChI=1S/C13H15N3O2S/c1-2-8-16-12(18)14-15-13(16)19-9-11(17)10-6-4-3-5-7-10/h3-7H,2,8-9H2,1H3,(H,14,18). The minimum Gasteiger partial charge on any atom is -0.293 e. The molecule has 0 spiro atoms. The molecule has 0 saturated carbocycles. The van der Waals surface area contributed by atoms with E-state index >= 15 is 0 Å². The molecule has 100 valence electrons. The highest BCUT2D eigenvalue weighted by Gasteiger charge is 2.11. The summed E-state index contributed by atoms with van der Waals surface area (Å²) in [6.45, 7) is 2.60. The molecule has 0 unspecified atom stereocenters. The first kappa shape index (κ1) is 13.6. The number of H-pyrrole nitrogens is 1. The molecular formula is C13H15N3O2S. The average molecular weight is 277 g/mol. The van der Waals surface area contributed by atoms with Crippen molar-refractivity contribution in [1.29, 1.82) is 0 Å². The first-order valence-corrected chi connectivity index (χ1v) is 7.07. The highest BCUT2D eigenvalue weighted by Crippen LogP contribution is 2.15. The van der Waals surface area contributed by atoms with Gasteiger partial charge in [-0.1, -0.05) is 49.0 Å². The van der Waals surface area contributed by atoms with Gasteiger partial charge in [0.15, 0.2) is 10.9 Å². The van der Waals surface area contributed by atoms with Gasteiger partial charge in [-0.05, 0) is 6.42 Å². The Balaban J connectivity index is 2.03. The minimum atomic E-state index is -0.225. The van der Waals surface area contributed by atoms with Crippen LogP contribution >= 0.6 is 11.8 Å². The third kappa shape index (κ3) is 3.35. The normalized spacial score (nSPS) is 10.6. The Labute approximate surface area is 115 Å². The zero-order chi connectivity index (χ0) is 13.7. The molecule has 1 aromatic carbocycles. The smallest absolute Gasteiger partial charge is 0.293 e. The molecule has 0 bridgehead atoms. The van der Waals surface area contributed by atoms with Gasteiger partial charge in [0.1, 0.15) is 0 Å². The Morgan fingerprint density at radius 2 is 2.11 bits per heavy atom. The Kier molecular flexibility index (Phi) is 4.57. The number of nitrogens with one attached hydrogen (secondary N) is 1. The summed E-state index contributed by atoms with van der Waals surface area (Å²) < 4.78 is 1.56. The number of ketones is 1. The lowest BCUT2D eigenvalue weighted by molar-refractivity contribution is 0.102. The van der Waals surface area contributed by atoms with E-state index in [1.54, 1.807) is 16.7 Å². The fourth-order valence-electron chi connectivity index (χ4n) is 1.67. The van der Waals surface area contributed by atoms with Crippen LogP contribution < -0.4 is 5.69 Å². The second-order valence-corrected chi connectivity index (χ2v) is 4.98. The molecule has 5 nitrogen and oxygen atoms in total. The van der Waals surface area contributed by atoms with Crippen molar-refractivity contribution in [2.24, 2.45) is 0 Å². The van der Waals surface area contributed by atoms with Gasteiger partial charge in [-0.15, -0.1) is 5.10 Å². The van der Waals surface area contributed by atoms with Crippen LogP contribution in [-0.2, 0) is 6.54 Å². The van der Waals surface area contributed by atoms with Gasteiger partial charge in [-0.3, -0.25) is 9.36 Å². The Morgan fingerprint density at radius 1 is 1.37 bits per heavy atom. The Hall–Kier alpha value is -1.82. The van der Waals surface area contributed by atoms with E-state index in [0.717, 1.165) is 6.42 Å². The van der Waals surface area contributed by atoms with Crippen LogP contribution in [0, 0.1) is 0 Å². The number of hydrogen-bond acceptors (Lipinski definition) is 4. The van der Waals surface area contributed by atoms with Crippen molar-refractivity contribution < 1.29 is 4.79 Å². The van der Waals surface area contributed by atoms with Gasteiger partial charge >= 0.3 is 5.69 Å². The molecule has 2 rings (SSSR count). The maximum atomic E-state index is 11.9. The molecule has 0 atom stereocenters. The number of nitrogens with zero attached hydrogens (tertiary/aromatic N) is 2. The number of carbonyl (C=O) groups excluding carboxylic acids is 1. The minimum absolute atomic E-state index is 0.0316. The molecule has 0 aliphatic heterocycles. The third-order valence-corrected chi connectivity index (χ3v) is 3.57. The number of aromatic amines is 1. The molecule has 0 fully saturated rings. The van der Waals surface area contributed by atoms with Gasteiger partial charge < -0.3 is 0 Å². The van der Waals surface area contributed by atoms with Gasteiger partial charge in [-0.2, -0.15) is 0 Å². The molecule has 1 aromatic heterocycles. The summed E-state index contributed by atoms with van der Waals surface area (Å²) in [6, 6.07) is 9.11. The number of rotatable bonds is 6. The zero-order valence-electron chi connectivity index (χ0n) is 10.6. The lowest BCUT2D eigenvalue weighted by Gasteiger charge is -2.03. The topological polar surface area (TPSA) is 67.8 Å². The second-order valence-electron chi connectivity index (χ2n) is 4.04. The van der Waals surface area contributed by atoms with Crippen molar-refractivity contribution in [1.82, 2.24) is 14.8 Å². The van der Waals surface area contributed by atoms with Crippen LogP contribution in [0.25, 0.3) is 0 Å². The van der Waals surface area contributed by atoms with Crippen LogP contribution in [0.1, 0.15) is 23.7 Å². The van der Waals surface area contributed by atoms with E-state index in [-0.39, 0.29) is 17.2 Å². The first-order chi connectivity index (χ1) is 9.22. The molecule has 6 heteroatoms. The van der Waals surface area contributed by atoms with E-state index in [9.17, 15) is 9.59 Å². The molecular weight excluding hydrogens is 262 g/mol. The number of benzene rings is 1. The lowest BCUT2D eigenvalue weighted by Crippen LogP contribution is -2.17. The largest absolute Gasteiger partial charge is 0.343 e. The molecule has 0 saturated heterocycles. The molecule has 0 aliphatic carbocycles. The summed E-state index contributed by atoms with van der Waals surface area (Å²) in [4.78, 5) is 23.4. The molecule has 1 N–H and O–H groups in total. The van der Waals surface area contributed by atoms with Crippen molar-refractivity contribution in [2.45, 2.75) is 25.0 Å². The summed E-state index contributed by atoms with van der Waals surface area (Å²) in [6.07, 6.45) is 0.847. The summed E-state index contributed by atoms with van der Waals surface area (Å²) in [7, 11) is 0. The highest BCUT2D eigenvalue weighted by molar-refractivity contribution is 7.99. The first-order valence-electron chi connectivity index (χ1n) is 6.08. The number of thioether (sulfide) groups is 1. The predicted molar refractivity (Wildman–Crippen MR) is 74.6 cm³/mol. The Bertz CT molecular complexity index is 604. The van der Waals surface area contributed by atoms with E-state index in [0.29, 0.717) is 17.3 Å². The molecule has 19 heavy (non-hydrogen) atoms. The highest BCUT2D eigenvalue weighted by atomic mass is 32.2. The van der Waals surface area contributed by atoms with Crippen molar-refractivity contribution in [3.05, 3.63) is 46.4 Å². The van der Waals surface area contributed by atoms with E-state index in [4.69, 9.17) is 0 Å². The maximum absolute atomic E-state index is 11.9. The quantitative estimate of drug-likeness (QED) is 0.647. The molecule has 1 heterocycles. The van der Waals surface area contributed by atoms with Crippen molar-refractivity contribution in [3.8, 4) is 0 Å². The van der Waals surface area contributed by atoms with Crippen LogP contribution in [-0.4, -0.2) is 26.3 Å². The van der Waals surface area contributed by atoms with Gasteiger partial charge in [0, 0.05) is 12.1 Å². The van der Waals surface area contributed by atoms with Crippen molar-refractivity contribution >= 4 is 17.5 Å². The number of hydrogen-bond donors (Lipinski definition) is 1. The van der Waals surface area contributed by atoms with Crippen LogP contribution in [0.3, 0.4) is 0 Å². The van der Waals surface area contributed by atoms with Crippen LogP contribution in [0.4, 0.5) is 0 Å². The molecule has 2 aromatic rings. The van der Waals surface area contributed by atoms with Crippen LogP contribution in [0.2, 0.25) is 0 Å². The van der Waals surface area contributed by atoms with E-state index in [2.05, 4.69) is 10.2 Å². The fraction of sp³-hybridized carbons (Fsp3) is 0.308. The molecule has 0 aliphatic rings. The fourth-order valence-corrected chi connectivity index (χ4v) is 2.54. The summed E-state index contributed by atoms with van der Waals surface area (Å²) in [5, 5.41) is 6.91. The monoisotopic (exact) mass is 277 g/mol. The zero-order valence-corrected chi connectivity index (χ0v) is 11.4. The third-order valence-electron chi connectivity index (χ3n) is 2.60. The predicted octanol–water partition coefficient (Wildman–Crippen LogP) is 1.96. The average Bonchev–Trinajstić information content (AvgIpc) is 2.79. The second kappa shape index (κ2) is 6.38. The van der Waals surface area contributed by atoms with Crippen molar-refractivity contribution in [2.75, 3.05) is 5.75 Å². The summed E-state index contributed by atoms with van der Waals surface area (Å²) >= 11 is 1.28. The molecule has 0 radical (unpaired) electrons. The summed E-state index contributed by atoms with van der Waals surface area (Å²) in [5.41, 5.74) is 0.450. The SMILES string of the molecule is CCCn1c(SCC(=O)c2ccccc2)n[nH]c1=O. The summed E-state index contributed by atoms with van der Waals surface area (Å²) in [5.74, 6) is 0.307. The van der Waals surface area contributed by atoms with Gasteiger partial charge in [-0.25, -0.2) is 9.89 Å².